The van der Waals surface area contributed by atoms with E-state index in [4.69, 9.17) is 10.2 Å². The normalized spacial score (nSPS) is 12.7. The van der Waals surface area contributed by atoms with Crippen LogP contribution in [-0.2, 0) is 0 Å². The fourth-order valence-corrected chi connectivity index (χ4v) is 0.308. The standard InChI is InChI=1S/C4H8FNO3/c5-1-3(2-7)6-4(8)9/h3,6-7H,1-2H2,(H,8,9)/t3-/m0/s1. The lowest BCUT2D eigenvalue weighted by Crippen LogP contribution is -2.37. The highest BCUT2D eigenvalue weighted by Crippen LogP contribution is 1.81. The molecule has 0 aliphatic rings. The molecule has 0 saturated heterocycles. The highest BCUT2D eigenvalue weighted by Gasteiger charge is 2.07. The lowest BCUT2D eigenvalue weighted by atomic mass is 10.4. The number of hydrogen-bond acceptors (Lipinski definition) is 2. The van der Waals surface area contributed by atoms with Gasteiger partial charge in [-0.25, -0.2) is 9.18 Å². The summed E-state index contributed by atoms with van der Waals surface area (Å²) in [5, 5.41) is 17.9. The van der Waals surface area contributed by atoms with E-state index in [-0.39, 0.29) is 0 Å². The predicted molar refractivity (Wildman–Crippen MR) is 28.0 cm³/mol. The van der Waals surface area contributed by atoms with Crippen molar-refractivity contribution in [2.24, 2.45) is 0 Å². The van der Waals surface area contributed by atoms with Gasteiger partial charge in [0.1, 0.15) is 6.67 Å². The van der Waals surface area contributed by atoms with Crippen LogP contribution in [0.2, 0.25) is 0 Å². The Balaban J connectivity index is 3.43. The minimum absolute atomic E-state index is 0.511. The van der Waals surface area contributed by atoms with Gasteiger partial charge in [-0.1, -0.05) is 0 Å². The van der Waals surface area contributed by atoms with Crippen LogP contribution in [0.25, 0.3) is 0 Å². The van der Waals surface area contributed by atoms with Crippen molar-refractivity contribution in [1.82, 2.24) is 5.32 Å². The van der Waals surface area contributed by atoms with Crippen molar-refractivity contribution in [2.75, 3.05) is 13.3 Å². The van der Waals surface area contributed by atoms with E-state index in [0.717, 1.165) is 0 Å². The molecular weight excluding hydrogens is 129 g/mol. The van der Waals surface area contributed by atoms with Gasteiger partial charge in [0.15, 0.2) is 0 Å². The number of rotatable bonds is 3. The van der Waals surface area contributed by atoms with E-state index in [9.17, 15) is 9.18 Å². The Labute approximate surface area is 51.3 Å². The van der Waals surface area contributed by atoms with Crippen LogP contribution < -0.4 is 5.32 Å². The third-order valence-corrected chi connectivity index (χ3v) is 0.734. The molecule has 1 atom stereocenters. The van der Waals surface area contributed by atoms with E-state index >= 15 is 0 Å². The topological polar surface area (TPSA) is 69.6 Å². The SMILES string of the molecule is O=C(O)N[C@H](CO)CF. The van der Waals surface area contributed by atoms with Crippen LogP contribution in [0, 0.1) is 0 Å². The van der Waals surface area contributed by atoms with Gasteiger partial charge in [-0.05, 0) is 0 Å². The quantitative estimate of drug-likeness (QED) is 0.495. The van der Waals surface area contributed by atoms with Gasteiger partial charge in [0, 0.05) is 0 Å². The van der Waals surface area contributed by atoms with Crippen LogP contribution in [-0.4, -0.2) is 35.6 Å². The maximum atomic E-state index is 11.5. The Morgan fingerprint density at radius 3 is 2.44 bits per heavy atom. The Hall–Kier alpha value is -0.840. The molecule has 0 bridgehead atoms. The van der Waals surface area contributed by atoms with Gasteiger partial charge >= 0.3 is 6.09 Å². The van der Waals surface area contributed by atoms with Crippen molar-refractivity contribution < 1.29 is 19.4 Å². The van der Waals surface area contributed by atoms with Crippen LogP contribution in [0.4, 0.5) is 9.18 Å². The van der Waals surface area contributed by atoms with Gasteiger partial charge in [0.2, 0.25) is 0 Å². The smallest absolute Gasteiger partial charge is 0.405 e. The number of carbonyl (C=O) groups is 1. The first-order valence-corrected chi connectivity index (χ1v) is 2.37. The number of aliphatic hydroxyl groups is 1. The van der Waals surface area contributed by atoms with Crippen molar-refractivity contribution in [1.29, 1.82) is 0 Å². The van der Waals surface area contributed by atoms with Crippen molar-refractivity contribution in [3.05, 3.63) is 0 Å². The Morgan fingerprint density at radius 1 is 1.78 bits per heavy atom. The molecule has 54 valence electrons. The first kappa shape index (κ1) is 8.16. The molecular formula is C4H8FNO3. The lowest BCUT2D eigenvalue weighted by Gasteiger charge is -2.07. The lowest BCUT2D eigenvalue weighted by molar-refractivity contribution is 0.169. The molecule has 0 aromatic rings. The summed E-state index contributed by atoms with van der Waals surface area (Å²) >= 11 is 0. The molecule has 1 amide bonds. The van der Waals surface area contributed by atoms with Gasteiger partial charge in [0.05, 0.1) is 12.6 Å². The van der Waals surface area contributed by atoms with Crippen LogP contribution in [0.3, 0.4) is 0 Å². The highest BCUT2D eigenvalue weighted by atomic mass is 19.1. The molecule has 0 fully saturated rings. The maximum Gasteiger partial charge on any atom is 0.405 e. The molecule has 0 heterocycles. The van der Waals surface area contributed by atoms with Crippen LogP contribution in [0.5, 0.6) is 0 Å². The third kappa shape index (κ3) is 3.72. The molecule has 4 nitrogen and oxygen atoms in total. The fraction of sp³-hybridized carbons (Fsp3) is 0.750. The zero-order valence-corrected chi connectivity index (χ0v) is 4.67. The first-order valence-electron chi connectivity index (χ1n) is 2.37. The highest BCUT2D eigenvalue weighted by molar-refractivity contribution is 5.64. The van der Waals surface area contributed by atoms with Gasteiger partial charge in [0.25, 0.3) is 0 Å². The summed E-state index contributed by atoms with van der Waals surface area (Å²) < 4.78 is 11.5. The zero-order chi connectivity index (χ0) is 7.28. The summed E-state index contributed by atoms with van der Waals surface area (Å²) in [6, 6.07) is -0.984. The van der Waals surface area contributed by atoms with Crippen molar-refractivity contribution in [3.8, 4) is 0 Å². The molecule has 0 saturated carbocycles. The minimum Gasteiger partial charge on any atom is -0.465 e. The van der Waals surface area contributed by atoms with E-state index in [2.05, 4.69) is 0 Å². The number of amides is 1. The van der Waals surface area contributed by atoms with E-state index in [1.807, 2.05) is 0 Å². The van der Waals surface area contributed by atoms with Crippen molar-refractivity contribution in [2.45, 2.75) is 6.04 Å². The molecule has 0 aliphatic carbocycles. The summed E-state index contributed by atoms with van der Waals surface area (Å²) in [6.45, 7) is -1.40. The van der Waals surface area contributed by atoms with E-state index < -0.39 is 25.4 Å². The molecule has 0 spiro atoms. The number of nitrogens with one attached hydrogen (secondary N) is 1. The zero-order valence-electron chi connectivity index (χ0n) is 4.67. The summed E-state index contributed by atoms with van der Waals surface area (Å²) in [4.78, 5) is 9.74. The number of aliphatic hydroxyl groups excluding tert-OH is 1. The largest absolute Gasteiger partial charge is 0.465 e. The van der Waals surface area contributed by atoms with Crippen molar-refractivity contribution >= 4 is 6.09 Å². The monoisotopic (exact) mass is 137 g/mol. The third-order valence-electron chi connectivity index (χ3n) is 0.734. The van der Waals surface area contributed by atoms with E-state index in [0.29, 0.717) is 0 Å². The number of halogens is 1. The Kier molecular flexibility index (Phi) is 3.70. The molecule has 0 radical (unpaired) electrons. The van der Waals surface area contributed by atoms with Gasteiger partial charge in [-0.15, -0.1) is 0 Å². The second-order valence-electron chi connectivity index (χ2n) is 1.48. The molecule has 3 N–H and O–H groups in total. The summed E-state index contributed by atoms with van der Waals surface area (Å²) in [5.74, 6) is 0. The molecule has 0 unspecified atom stereocenters. The number of hydrogen-bond donors (Lipinski definition) is 3. The average molecular weight is 137 g/mol. The van der Waals surface area contributed by atoms with Crippen LogP contribution >= 0.6 is 0 Å². The van der Waals surface area contributed by atoms with Crippen molar-refractivity contribution in [3.63, 3.8) is 0 Å². The summed E-state index contributed by atoms with van der Waals surface area (Å²) in [7, 11) is 0. The number of carboxylic acid groups (broad SMARTS) is 1. The van der Waals surface area contributed by atoms with E-state index in [1.165, 1.54) is 0 Å². The minimum atomic E-state index is -1.33. The summed E-state index contributed by atoms with van der Waals surface area (Å²) in [5.41, 5.74) is 0. The Morgan fingerprint density at radius 2 is 2.33 bits per heavy atom. The van der Waals surface area contributed by atoms with Gasteiger partial charge in [-0.3, -0.25) is 0 Å². The second kappa shape index (κ2) is 4.08. The maximum absolute atomic E-state index is 11.5. The molecule has 0 aromatic heterocycles. The second-order valence-corrected chi connectivity index (χ2v) is 1.48. The van der Waals surface area contributed by atoms with Gasteiger partial charge in [-0.2, -0.15) is 0 Å². The molecule has 0 aliphatic heterocycles. The summed E-state index contributed by atoms with van der Waals surface area (Å²) in [6.07, 6.45) is -1.33. The predicted octanol–water partition coefficient (Wildman–Crippen LogP) is -0.416. The Bertz CT molecular complexity index is 93.8. The van der Waals surface area contributed by atoms with E-state index in [1.54, 1.807) is 5.32 Å². The fourth-order valence-electron chi connectivity index (χ4n) is 0.308. The molecule has 0 aromatic carbocycles. The molecule has 5 heteroatoms. The molecule has 9 heavy (non-hydrogen) atoms. The van der Waals surface area contributed by atoms with Gasteiger partial charge < -0.3 is 15.5 Å². The first-order chi connectivity index (χ1) is 4.20. The average Bonchev–Trinajstić information content (AvgIpc) is 1.82. The van der Waals surface area contributed by atoms with Crippen LogP contribution in [0.15, 0.2) is 0 Å². The van der Waals surface area contributed by atoms with Crippen LogP contribution in [0.1, 0.15) is 0 Å². The number of alkyl halides is 1. The molecule has 0 rings (SSSR count).